The highest BCUT2D eigenvalue weighted by Gasteiger charge is 2.35. The van der Waals surface area contributed by atoms with Gasteiger partial charge in [-0.15, -0.1) is 0 Å². The summed E-state index contributed by atoms with van der Waals surface area (Å²) in [7, 11) is 0. The molecule has 0 saturated heterocycles. The van der Waals surface area contributed by atoms with E-state index in [-0.39, 0.29) is 5.41 Å². The summed E-state index contributed by atoms with van der Waals surface area (Å²) in [6.07, 6.45) is 0. The Morgan fingerprint density at radius 1 is 0.333 bits per heavy atom. The minimum Gasteiger partial charge on any atom is -0.208 e. The second-order valence-electron chi connectivity index (χ2n) is 14.0. The molecule has 1 aromatic heterocycles. The highest BCUT2D eigenvalue weighted by Crippen LogP contribution is 2.50. The lowest BCUT2D eigenvalue weighted by molar-refractivity contribution is 0.660. The highest BCUT2D eigenvalue weighted by atomic mass is 15.0. The van der Waals surface area contributed by atoms with Gasteiger partial charge in [-0.3, -0.25) is 0 Å². The molecular formula is C48H33N3. The van der Waals surface area contributed by atoms with Crippen LogP contribution in [0.15, 0.2) is 164 Å². The Morgan fingerprint density at radius 3 is 1.55 bits per heavy atom. The molecule has 1 aliphatic carbocycles. The number of rotatable bonds is 4. The van der Waals surface area contributed by atoms with E-state index in [0.717, 1.165) is 16.7 Å². The summed E-state index contributed by atoms with van der Waals surface area (Å²) in [5.41, 5.74) is 10.7. The van der Waals surface area contributed by atoms with E-state index in [2.05, 4.69) is 117 Å². The number of fused-ring (bicyclic) bond motifs is 9. The Bertz CT molecular complexity index is 2760. The van der Waals surface area contributed by atoms with E-state index in [4.69, 9.17) is 15.0 Å². The van der Waals surface area contributed by atoms with Gasteiger partial charge in [-0.1, -0.05) is 166 Å². The fourth-order valence-corrected chi connectivity index (χ4v) is 8.21. The van der Waals surface area contributed by atoms with Crippen LogP contribution in [-0.2, 0) is 5.41 Å². The highest BCUT2D eigenvalue weighted by molar-refractivity contribution is 6.28. The summed E-state index contributed by atoms with van der Waals surface area (Å²) >= 11 is 0. The molecule has 0 amide bonds. The summed E-state index contributed by atoms with van der Waals surface area (Å²) in [6, 6.07) is 58.5. The minimum absolute atomic E-state index is 0.0295. The Kier molecular flexibility index (Phi) is 6.53. The van der Waals surface area contributed by atoms with Crippen molar-refractivity contribution >= 4 is 32.3 Å². The summed E-state index contributed by atoms with van der Waals surface area (Å²) < 4.78 is 0. The molecule has 3 nitrogen and oxygen atoms in total. The first-order valence-electron chi connectivity index (χ1n) is 17.5. The van der Waals surface area contributed by atoms with E-state index >= 15 is 0 Å². The molecule has 0 radical (unpaired) electrons. The topological polar surface area (TPSA) is 38.7 Å². The molecule has 0 N–H and O–H groups in total. The molecule has 1 aliphatic rings. The van der Waals surface area contributed by atoms with Crippen LogP contribution in [0.2, 0.25) is 0 Å². The van der Waals surface area contributed by atoms with Gasteiger partial charge < -0.3 is 0 Å². The zero-order chi connectivity index (χ0) is 34.1. The standard InChI is InChI=1S/C48H33N3/c1-48(2)42-23-12-11-20-37(42)41-28-32(25-27-43(41)48)34-21-13-22-38-35-18-9-10-19-36(35)40-29-33(24-26-39(40)44(34)38)47-50-45(30-14-5-3-6-15-30)49-46(51-47)31-16-7-4-8-17-31/h3-29H,1-2H3. The second kappa shape index (κ2) is 11.3. The molecule has 0 bridgehead atoms. The number of aromatic nitrogens is 3. The van der Waals surface area contributed by atoms with Gasteiger partial charge in [0.05, 0.1) is 0 Å². The van der Waals surface area contributed by atoms with Crippen molar-refractivity contribution in [2.24, 2.45) is 0 Å². The zero-order valence-electron chi connectivity index (χ0n) is 28.4. The van der Waals surface area contributed by atoms with Crippen molar-refractivity contribution in [3.05, 3.63) is 175 Å². The van der Waals surface area contributed by atoms with Gasteiger partial charge in [0.15, 0.2) is 17.5 Å². The quantitative estimate of drug-likeness (QED) is 0.178. The SMILES string of the molecule is CC1(C)c2ccccc2-c2cc(-c3cccc4c5ccccc5c5cc(-c6nc(-c7ccccc7)nc(-c7ccccc7)n6)ccc5c34)ccc21. The molecule has 9 aromatic rings. The van der Waals surface area contributed by atoms with Crippen molar-refractivity contribution in [2.75, 3.05) is 0 Å². The second-order valence-corrected chi connectivity index (χ2v) is 14.0. The van der Waals surface area contributed by atoms with Crippen LogP contribution in [-0.4, -0.2) is 15.0 Å². The van der Waals surface area contributed by atoms with Gasteiger partial charge in [0, 0.05) is 22.1 Å². The normalized spacial score (nSPS) is 13.1. The van der Waals surface area contributed by atoms with Crippen LogP contribution < -0.4 is 0 Å². The van der Waals surface area contributed by atoms with Crippen molar-refractivity contribution in [3.63, 3.8) is 0 Å². The number of benzene rings is 8. The largest absolute Gasteiger partial charge is 0.208 e. The lowest BCUT2D eigenvalue weighted by Crippen LogP contribution is -2.14. The Balaban J connectivity index is 1.21. The van der Waals surface area contributed by atoms with Gasteiger partial charge in [-0.2, -0.15) is 0 Å². The van der Waals surface area contributed by atoms with E-state index in [9.17, 15) is 0 Å². The Morgan fingerprint density at radius 2 is 0.843 bits per heavy atom. The van der Waals surface area contributed by atoms with E-state index in [1.54, 1.807) is 0 Å². The van der Waals surface area contributed by atoms with Crippen molar-refractivity contribution in [1.29, 1.82) is 0 Å². The molecule has 240 valence electrons. The minimum atomic E-state index is -0.0295. The average Bonchev–Trinajstić information content (AvgIpc) is 3.43. The van der Waals surface area contributed by atoms with E-state index < -0.39 is 0 Å². The third-order valence-electron chi connectivity index (χ3n) is 10.7. The predicted molar refractivity (Wildman–Crippen MR) is 212 cm³/mol. The van der Waals surface area contributed by atoms with Crippen molar-refractivity contribution in [2.45, 2.75) is 19.3 Å². The maximum absolute atomic E-state index is 5.05. The number of hydrogen-bond donors (Lipinski definition) is 0. The fraction of sp³-hybridized carbons (Fsp3) is 0.0625. The molecule has 0 unspecified atom stereocenters. The van der Waals surface area contributed by atoms with Crippen LogP contribution in [0.25, 0.3) is 88.7 Å². The smallest absolute Gasteiger partial charge is 0.164 e. The van der Waals surface area contributed by atoms with E-state index in [0.29, 0.717) is 17.5 Å². The third kappa shape index (κ3) is 4.62. The van der Waals surface area contributed by atoms with Gasteiger partial charge >= 0.3 is 0 Å². The molecule has 1 heterocycles. The molecule has 0 atom stereocenters. The van der Waals surface area contributed by atoms with Crippen LogP contribution in [0.5, 0.6) is 0 Å². The molecule has 51 heavy (non-hydrogen) atoms. The van der Waals surface area contributed by atoms with Crippen LogP contribution in [0.1, 0.15) is 25.0 Å². The Hall–Kier alpha value is -6.45. The van der Waals surface area contributed by atoms with E-state index in [1.165, 1.54) is 65.7 Å². The van der Waals surface area contributed by atoms with Gasteiger partial charge in [0.1, 0.15) is 0 Å². The van der Waals surface area contributed by atoms with Crippen molar-refractivity contribution < 1.29 is 0 Å². The van der Waals surface area contributed by atoms with Crippen LogP contribution in [0, 0.1) is 0 Å². The maximum Gasteiger partial charge on any atom is 0.164 e. The van der Waals surface area contributed by atoms with Crippen molar-refractivity contribution in [1.82, 2.24) is 15.0 Å². The first-order chi connectivity index (χ1) is 25.0. The first-order valence-corrected chi connectivity index (χ1v) is 17.5. The van der Waals surface area contributed by atoms with E-state index in [1.807, 2.05) is 60.7 Å². The number of nitrogens with zero attached hydrogens (tertiary/aromatic N) is 3. The molecule has 10 rings (SSSR count). The van der Waals surface area contributed by atoms with Gasteiger partial charge in [0.25, 0.3) is 0 Å². The lowest BCUT2D eigenvalue weighted by Gasteiger charge is -2.21. The average molecular weight is 652 g/mol. The zero-order valence-corrected chi connectivity index (χ0v) is 28.4. The molecule has 0 fully saturated rings. The molecule has 0 saturated carbocycles. The summed E-state index contributed by atoms with van der Waals surface area (Å²) in [4.78, 5) is 15.0. The van der Waals surface area contributed by atoms with Gasteiger partial charge in [0.2, 0.25) is 0 Å². The van der Waals surface area contributed by atoms with Crippen LogP contribution in [0.4, 0.5) is 0 Å². The summed E-state index contributed by atoms with van der Waals surface area (Å²) in [5.74, 6) is 1.97. The summed E-state index contributed by atoms with van der Waals surface area (Å²) in [5, 5.41) is 7.35. The van der Waals surface area contributed by atoms with Crippen LogP contribution in [0.3, 0.4) is 0 Å². The number of hydrogen-bond acceptors (Lipinski definition) is 3. The lowest BCUT2D eigenvalue weighted by atomic mass is 9.82. The predicted octanol–water partition coefficient (Wildman–Crippen LogP) is 12.3. The Labute approximate surface area is 297 Å². The molecular weight excluding hydrogens is 619 g/mol. The van der Waals surface area contributed by atoms with Crippen molar-refractivity contribution in [3.8, 4) is 56.4 Å². The molecule has 3 heteroatoms. The molecule has 8 aromatic carbocycles. The van der Waals surface area contributed by atoms with Crippen LogP contribution >= 0.6 is 0 Å². The fourth-order valence-electron chi connectivity index (χ4n) is 8.21. The monoisotopic (exact) mass is 651 g/mol. The third-order valence-corrected chi connectivity index (χ3v) is 10.7. The van der Waals surface area contributed by atoms with Gasteiger partial charge in [-0.05, 0) is 77.8 Å². The molecule has 0 aliphatic heterocycles. The maximum atomic E-state index is 5.05. The van der Waals surface area contributed by atoms with Gasteiger partial charge in [-0.25, -0.2) is 15.0 Å². The summed E-state index contributed by atoms with van der Waals surface area (Å²) in [6.45, 7) is 4.68. The first kappa shape index (κ1) is 29.5. The molecule has 0 spiro atoms.